The molecule has 1 rings (SSSR count). The quantitative estimate of drug-likeness (QED) is 0.873. The highest BCUT2D eigenvalue weighted by Crippen LogP contribution is 2.23. The van der Waals surface area contributed by atoms with Gasteiger partial charge in [-0.05, 0) is 57.4 Å². The van der Waals surface area contributed by atoms with E-state index in [1.807, 2.05) is 33.8 Å². The summed E-state index contributed by atoms with van der Waals surface area (Å²) in [6.45, 7) is 9.28. The Labute approximate surface area is 133 Å². The lowest BCUT2D eigenvalue weighted by atomic mass is 10.1. The Balaban J connectivity index is 3.22. The number of nitrogens with one attached hydrogen (secondary N) is 1. The third-order valence-electron chi connectivity index (χ3n) is 3.55. The third kappa shape index (κ3) is 4.73. The molecule has 0 aliphatic carbocycles. The number of nitrogens with zero attached hydrogens (tertiary/aromatic N) is 1. The molecule has 1 aromatic carbocycles. The van der Waals surface area contributed by atoms with Crippen LogP contribution in [0, 0.1) is 13.8 Å². The molecular weight excluding hydrogens is 300 g/mol. The molecule has 0 saturated carbocycles. The van der Waals surface area contributed by atoms with Crippen molar-refractivity contribution in [2.75, 3.05) is 10.6 Å². The molecule has 0 radical (unpaired) electrons. The van der Waals surface area contributed by atoms with Gasteiger partial charge < -0.3 is 5.32 Å². The van der Waals surface area contributed by atoms with Crippen LogP contribution in [0.4, 0.5) is 5.69 Å². The first-order valence-electron chi connectivity index (χ1n) is 7.44. The molecule has 6 heteroatoms. The zero-order valence-corrected chi connectivity index (χ0v) is 15.0. The van der Waals surface area contributed by atoms with Gasteiger partial charge in [-0.1, -0.05) is 13.0 Å². The van der Waals surface area contributed by atoms with Crippen LogP contribution in [-0.2, 0) is 14.8 Å². The number of rotatable bonds is 6. The number of carbonyl (C=O) groups is 1. The minimum Gasteiger partial charge on any atom is -0.352 e. The van der Waals surface area contributed by atoms with Crippen molar-refractivity contribution in [2.45, 2.75) is 53.1 Å². The molecule has 0 aromatic heterocycles. The number of hydrogen-bond acceptors (Lipinski definition) is 3. The second-order valence-electron chi connectivity index (χ2n) is 5.90. The normalized spacial score (nSPS) is 14.3. The van der Waals surface area contributed by atoms with E-state index >= 15 is 0 Å². The van der Waals surface area contributed by atoms with Crippen LogP contribution in [0.3, 0.4) is 0 Å². The van der Waals surface area contributed by atoms with E-state index in [-0.39, 0.29) is 11.9 Å². The molecular formula is C16H26N2O3S. The lowest BCUT2D eigenvalue weighted by Crippen LogP contribution is -2.49. The minimum atomic E-state index is -3.57. The van der Waals surface area contributed by atoms with Gasteiger partial charge in [0.05, 0.1) is 11.9 Å². The maximum absolute atomic E-state index is 12.3. The van der Waals surface area contributed by atoms with Crippen molar-refractivity contribution in [1.82, 2.24) is 5.32 Å². The highest BCUT2D eigenvalue weighted by Gasteiger charge is 2.29. The highest BCUT2D eigenvalue weighted by atomic mass is 32.2. The molecule has 0 aliphatic rings. The van der Waals surface area contributed by atoms with Gasteiger partial charge >= 0.3 is 0 Å². The van der Waals surface area contributed by atoms with Crippen molar-refractivity contribution in [3.8, 4) is 0 Å². The molecule has 124 valence electrons. The van der Waals surface area contributed by atoms with E-state index < -0.39 is 16.1 Å². The summed E-state index contributed by atoms with van der Waals surface area (Å²) in [7, 11) is -3.57. The number of carbonyl (C=O) groups excluding carboxylic acids is 1. The average Bonchev–Trinajstić information content (AvgIpc) is 2.35. The highest BCUT2D eigenvalue weighted by molar-refractivity contribution is 7.92. The molecule has 0 saturated heterocycles. The summed E-state index contributed by atoms with van der Waals surface area (Å²) in [5.41, 5.74) is 2.43. The van der Waals surface area contributed by atoms with E-state index in [4.69, 9.17) is 0 Å². The summed E-state index contributed by atoms with van der Waals surface area (Å²) in [4.78, 5) is 12.3. The van der Waals surface area contributed by atoms with E-state index in [9.17, 15) is 13.2 Å². The van der Waals surface area contributed by atoms with Gasteiger partial charge in [0.1, 0.15) is 6.04 Å². The fraction of sp³-hybridized carbons (Fsp3) is 0.562. The molecule has 0 spiro atoms. The number of aryl methyl sites for hydroxylation is 2. The lowest BCUT2D eigenvalue weighted by Gasteiger charge is -2.29. The van der Waals surface area contributed by atoms with E-state index in [0.717, 1.165) is 23.8 Å². The fourth-order valence-corrected chi connectivity index (χ4v) is 3.51. The molecule has 0 fully saturated rings. The standard InChI is InChI=1S/C16H26N2O3S/c1-7-13(4)17-16(19)14(5)18(22(6,20)21)15-9-11(2)8-12(3)10-15/h8-10,13-14H,7H2,1-6H3,(H,17,19). The summed E-state index contributed by atoms with van der Waals surface area (Å²) >= 11 is 0. The summed E-state index contributed by atoms with van der Waals surface area (Å²) in [6.07, 6.45) is 1.92. The summed E-state index contributed by atoms with van der Waals surface area (Å²) in [5, 5.41) is 2.84. The Morgan fingerprint density at radius 2 is 1.68 bits per heavy atom. The van der Waals surface area contributed by atoms with Gasteiger partial charge in [-0.25, -0.2) is 8.42 Å². The predicted molar refractivity (Wildman–Crippen MR) is 90.6 cm³/mol. The van der Waals surface area contributed by atoms with E-state index in [0.29, 0.717) is 5.69 Å². The Bertz CT molecular complexity index is 621. The maximum Gasteiger partial charge on any atom is 0.243 e. The van der Waals surface area contributed by atoms with Gasteiger partial charge in [-0.2, -0.15) is 0 Å². The molecule has 2 unspecified atom stereocenters. The van der Waals surface area contributed by atoms with Gasteiger partial charge in [0.25, 0.3) is 0 Å². The Morgan fingerprint density at radius 3 is 2.09 bits per heavy atom. The van der Waals surface area contributed by atoms with Gasteiger partial charge in [0.2, 0.25) is 15.9 Å². The van der Waals surface area contributed by atoms with E-state index in [1.54, 1.807) is 19.1 Å². The third-order valence-corrected chi connectivity index (χ3v) is 4.79. The van der Waals surface area contributed by atoms with E-state index in [2.05, 4.69) is 5.32 Å². The SMILES string of the molecule is CCC(C)NC(=O)C(C)N(c1cc(C)cc(C)c1)S(C)(=O)=O. The van der Waals surface area contributed by atoms with Gasteiger partial charge in [-0.3, -0.25) is 9.10 Å². The first-order valence-corrected chi connectivity index (χ1v) is 9.29. The van der Waals surface area contributed by atoms with Crippen LogP contribution in [-0.4, -0.2) is 32.7 Å². The zero-order chi connectivity index (χ0) is 17.1. The molecule has 5 nitrogen and oxygen atoms in total. The van der Waals surface area contributed by atoms with Crippen LogP contribution in [0.25, 0.3) is 0 Å². The summed E-state index contributed by atoms with van der Waals surface area (Å²) < 4.78 is 25.6. The predicted octanol–water partition coefficient (Wildman–Crippen LogP) is 2.37. The maximum atomic E-state index is 12.3. The number of amides is 1. The molecule has 0 aliphatic heterocycles. The van der Waals surface area contributed by atoms with Crippen LogP contribution in [0.2, 0.25) is 0 Å². The first kappa shape index (κ1) is 18.5. The minimum absolute atomic E-state index is 0.00982. The Kier molecular flexibility index (Phi) is 6.00. The smallest absolute Gasteiger partial charge is 0.243 e. The largest absolute Gasteiger partial charge is 0.352 e. The molecule has 0 bridgehead atoms. The van der Waals surface area contributed by atoms with Crippen LogP contribution in [0.1, 0.15) is 38.3 Å². The van der Waals surface area contributed by atoms with Crippen LogP contribution in [0.15, 0.2) is 18.2 Å². The molecule has 2 atom stereocenters. The number of benzene rings is 1. The number of hydrogen-bond donors (Lipinski definition) is 1. The van der Waals surface area contributed by atoms with Crippen molar-refractivity contribution in [3.63, 3.8) is 0 Å². The van der Waals surface area contributed by atoms with Gasteiger partial charge in [0, 0.05) is 6.04 Å². The number of sulfonamides is 1. The summed E-state index contributed by atoms with van der Waals surface area (Å²) in [5.74, 6) is -0.293. The van der Waals surface area contributed by atoms with Crippen molar-refractivity contribution in [2.24, 2.45) is 0 Å². The van der Waals surface area contributed by atoms with Crippen LogP contribution < -0.4 is 9.62 Å². The van der Waals surface area contributed by atoms with Gasteiger partial charge in [0.15, 0.2) is 0 Å². The molecule has 1 amide bonds. The Hall–Kier alpha value is -1.56. The second kappa shape index (κ2) is 7.13. The van der Waals surface area contributed by atoms with Crippen LogP contribution >= 0.6 is 0 Å². The molecule has 1 aromatic rings. The fourth-order valence-electron chi connectivity index (χ4n) is 2.35. The van der Waals surface area contributed by atoms with Crippen molar-refractivity contribution >= 4 is 21.6 Å². The summed E-state index contributed by atoms with van der Waals surface area (Å²) in [6, 6.07) is 4.73. The molecule has 22 heavy (non-hydrogen) atoms. The van der Waals surface area contributed by atoms with Gasteiger partial charge in [-0.15, -0.1) is 0 Å². The van der Waals surface area contributed by atoms with Crippen molar-refractivity contribution < 1.29 is 13.2 Å². The zero-order valence-electron chi connectivity index (χ0n) is 14.2. The first-order chi connectivity index (χ1) is 10.1. The van der Waals surface area contributed by atoms with Crippen molar-refractivity contribution in [1.29, 1.82) is 0 Å². The molecule has 1 N–H and O–H groups in total. The number of anilines is 1. The Morgan fingerprint density at radius 1 is 1.18 bits per heavy atom. The monoisotopic (exact) mass is 326 g/mol. The topological polar surface area (TPSA) is 66.5 Å². The van der Waals surface area contributed by atoms with Crippen molar-refractivity contribution in [3.05, 3.63) is 29.3 Å². The lowest BCUT2D eigenvalue weighted by molar-refractivity contribution is -0.122. The van der Waals surface area contributed by atoms with Crippen LogP contribution in [0.5, 0.6) is 0 Å². The average molecular weight is 326 g/mol. The second-order valence-corrected chi connectivity index (χ2v) is 7.76. The van der Waals surface area contributed by atoms with E-state index in [1.165, 1.54) is 4.31 Å². The molecule has 0 heterocycles.